The number of nitro benzene ring substituents is 1. The molecule has 0 radical (unpaired) electrons. The Hall–Kier alpha value is -3.09. The molecule has 1 heterocycles. The van der Waals surface area contributed by atoms with Crippen molar-refractivity contribution in [3.8, 4) is 11.5 Å². The monoisotopic (exact) mass is 342 g/mol. The second-order valence-electron chi connectivity index (χ2n) is 5.78. The van der Waals surface area contributed by atoms with E-state index in [2.05, 4.69) is 5.32 Å². The van der Waals surface area contributed by atoms with Crippen LogP contribution >= 0.6 is 0 Å². The van der Waals surface area contributed by atoms with Crippen LogP contribution in [0, 0.1) is 10.1 Å². The number of rotatable bonds is 5. The van der Waals surface area contributed by atoms with E-state index >= 15 is 0 Å². The van der Waals surface area contributed by atoms with Gasteiger partial charge in [0.25, 0.3) is 11.6 Å². The van der Waals surface area contributed by atoms with Gasteiger partial charge < -0.3 is 14.8 Å². The van der Waals surface area contributed by atoms with Crippen LogP contribution in [0.25, 0.3) is 0 Å². The summed E-state index contributed by atoms with van der Waals surface area (Å²) in [6, 6.07) is 9.18. The maximum atomic E-state index is 12.5. The Kier molecular flexibility index (Phi) is 4.56. The summed E-state index contributed by atoms with van der Waals surface area (Å²) in [7, 11) is 0. The van der Waals surface area contributed by atoms with E-state index in [4.69, 9.17) is 9.47 Å². The topological polar surface area (TPSA) is 90.7 Å². The third-order valence-corrected chi connectivity index (χ3v) is 3.87. The minimum atomic E-state index is -0.535. The average Bonchev–Trinajstić information content (AvgIpc) is 2.94. The lowest BCUT2D eigenvalue weighted by molar-refractivity contribution is -0.384. The van der Waals surface area contributed by atoms with Crippen molar-refractivity contribution in [3.05, 3.63) is 57.6 Å². The summed E-state index contributed by atoms with van der Waals surface area (Å²) in [5.41, 5.74) is 1.57. The highest BCUT2D eigenvalue weighted by atomic mass is 16.6. The predicted molar refractivity (Wildman–Crippen MR) is 92.5 cm³/mol. The number of anilines is 1. The minimum absolute atomic E-state index is 0.0761. The van der Waals surface area contributed by atoms with Crippen LogP contribution in [0.5, 0.6) is 11.5 Å². The Morgan fingerprint density at radius 2 is 2.20 bits per heavy atom. The van der Waals surface area contributed by atoms with Gasteiger partial charge in [0.1, 0.15) is 17.6 Å². The summed E-state index contributed by atoms with van der Waals surface area (Å²) < 4.78 is 11.3. The second-order valence-corrected chi connectivity index (χ2v) is 5.78. The van der Waals surface area contributed by atoms with Crippen LogP contribution in [-0.4, -0.2) is 23.5 Å². The van der Waals surface area contributed by atoms with Crippen LogP contribution < -0.4 is 14.8 Å². The molecule has 0 aromatic heterocycles. The highest BCUT2D eigenvalue weighted by Crippen LogP contribution is 2.38. The summed E-state index contributed by atoms with van der Waals surface area (Å²) >= 11 is 0. The van der Waals surface area contributed by atoms with E-state index in [1.54, 1.807) is 6.07 Å². The van der Waals surface area contributed by atoms with E-state index in [1.807, 2.05) is 19.9 Å². The first-order valence-electron chi connectivity index (χ1n) is 8.00. The molecule has 130 valence electrons. The van der Waals surface area contributed by atoms with E-state index in [0.717, 1.165) is 12.0 Å². The largest absolute Gasteiger partial charge is 0.492 e. The van der Waals surface area contributed by atoms with E-state index in [0.29, 0.717) is 23.8 Å². The van der Waals surface area contributed by atoms with Crippen molar-refractivity contribution in [1.82, 2.24) is 0 Å². The third kappa shape index (κ3) is 3.55. The van der Waals surface area contributed by atoms with Crippen LogP contribution in [0.2, 0.25) is 0 Å². The lowest BCUT2D eigenvalue weighted by Crippen LogP contribution is -2.13. The molecule has 2 aromatic carbocycles. The molecule has 2 aromatic rings. The zero-order valence-corrected chi connectivity index (χ0v) is 13.9. The minimum Gasteiger partial charge on any atom is -0.492 e. The molecule has 0 saturated heterocycles. The number of nitrogens with one attached hydrogen (secondary N) is 1. The Bertz CT molecular complexity index is 834. The molecule has 1 amide bonds. The lowest BCUT2D eigenvalue weighted by atomic mass is 10.1. The normalized spacial score (nSPS) is 15.2. The van der Waals surface area contributed by atoms with Crippen LogP contribution in [0.1, 0.15) is 29.8 Å². The quantitative estimate of drug-likeness (QED) is 0.662. The summed E-state index contributed by atoms with van der Waals surface area (Å²) in [5, 5.41) is 13.6. The number of benzene rings is 2. The maximum Gasteiger partial charge on any atom is 0.270 e. The molecule has 0 spiro atoms. The summed E-state index contributed by atoms with van der Waals surface area (Å²) in [4.78, 5) is 22.8. The predicted octanol–water partition coefficient (Wildman–Crippen LogP) is 3.57. The molecule has 25 heavy (non-hydrogen) atoms. The number of nitrogens with zero attached hydrogens (tertiary/aromatic N) is 1. The molecule has 0 bridgehead atoms. The van der Waals surface area contributed by atoms with Gasteiger partial charge in [-0.05, 0) is 26.0 Å². The number of carbonyl (C=O) groups excluding carboxylic acids is 1. The first-order valence-corrected chi connectivity index (χ1v) is 8.00. The van der Waals surface area contributed by atoms with Crippen molar-refractivity contribution in [2.75, 3.05) is 11.9 Å². The van der Waals surface area contributed by atoms with Gasteiger partial charge in [-0.15, -0.1) is 0 Å². The van der Waals surface area contributed by atoms with Crippen LogP contribution in [-0.2, 0) is 6.42 Å². The van der Waals surface area contributed by atoms with E-state index in [-0.39, 0.29) is 17.4 Å². The molecule has 3 rings (SSSR count). The molecule has 0 saturated carbocycles. The number of amides is 1. The van der Waals surface area contributed by atoms with Gasteiger partial charge in [0.15, 0.2) is 0 Å². The van der Waals surface area contributed by atoms with Crippen molar-refractivity contribution in [3.63, 3.8) is 0 Å². The molecular weight excluding hydrogens is 324 g/mol. The molecule has 1 atom stereocenters. The lowest BCUT2D eigenvalue weighted by Gasteiger charge is -2.13. The molecule has 1 aliphatic heterocycles. The number of hydrogen-bond donors (Lipinski definition) is 1. The Morgan fingerprint density at radius 1 is 1.40 bits per heavy atom. The first kappa shape index (κ1) is 16.8. The zero-order chi connectivity index (χ0) is 18.0. The average molecular weight is 342 g/mol. The zero-order valence-electron chi connectivity index (χ0n) is 13.9. The van der Waals surface area contributed by atoms with Crippen molar-refractivity contribution >= 4 is 17.3 Å². The number of ether oxygens (including phenoxy) is 2. The first-order chi connectivity index (χ1) is 12.0. The van der Waals surface area contributed by atoms with E-state index in [9.17, 15) is 14.9 Å². The number of nitro groups is 1. The van der Waals surface area contributed by atoms with Gasteiger partial charge in [-0.3, -0.25) is 14.9 Å². The van der Waals surface area contributed by atoms with Crippen LogP contribution in [0.4, 0.5) is 11.4 Å². The summed E-state index contributed by atoms with van der Waals surface area (Å²) in [6.07, 6.45) is 0.862. The van der Waals surface area contributed by atoms with Gasteiger partial charge in [-0.2, -0.15) is 0 Å². The van der Waals surface area contributed by atoms with Gasteiger partial charge >= 0.3 is 0 Å². The van der Waals surface area contributed by atoms with Gasteiger partial charge in [0.05, 0.1) is 17.2 Å². The maximum absolute atomic E-state index is 12.5. The number of hydrogen-bond acceptors (Lipinski definition) is 5. The standard InChI is InChI=1S/C18H18N2O5/c1-3-24-17-9-13-7-11(2)25-16(13)10-15(17)19-18(21)12-5-4-6-14(8-12)20(22)23/h4-6,8-11H,3,7H2,1-2H3,(H,19,21)/t11-/m0/s1. The molecule has 1 aliphatic rings. The molecule has 0 fully saturated rings. The Labute approximate surface area is 144 Å². The second kappa shape index (κ2) is 6.80. The van der Waals surface area contributed by atoms with Gasteiger partial charge in [-0.25, -0.2) is 0 Å². The summed E-state index contributed by atoms with van der Waals surface area (Å²) in [6.45, 7) is 4.29. The Balaban J connectivity index is 1.89. The SMILES string of the molecule is CCOc1cc2c(cc1NC(=O)c1cccc([N+](=O)[O-])c1)O[C@@H](C)C2. The summed E-state index contributed by atoms with van der Waals surface area (Å²) in [5.74, 6) is 0.818. The molecule has 7 heteroatoms. The number of fused-ring (bicyclic) bond motifs is 1. The molecule has 7 nitrogen and oxygen atoms in total. The van der Waals surface area contributed by atoms with Crippen molar-refractivity contribution < 1.29 is 19.2 Å². The van der Waals surface area contributed by atoms with Gasteiger partial charge in [-0.1, -0.05) is 6.07 Å². The van der Waals surface area contributed by atoms with E-state index in [1.165, 1.54) is 24.3 Å². The molecule has 1 N–H and O–H groups in total. The van der Waals surface area contributed by atoms with Crippen molar-refractivity contribution in [1.29, 1.82) is 0 Å². The van der Waals surface area contributed by atoms with Crippen molar-refractivity contribution in [2.45, 2.75) is 26.4 Å². The van der Waals surface area contributed by atoms with Gasteiger partial charge in [0, 0.05) is 35.7 Å². The number of carbonyl (C=O) groups is 1. The molecule has 0 unspecified atom stereocenters. The van der Waals surface area contributed by atoms with E-state index < -0.39 is 10.8 Å². The van der Waals surface area contributed by atoms with Crippen LogP contribution in [0.15, 0.2) is 36.4 Å². The highest BCUT2D eigenvalue weighted by molar-refractivity contribution is 6.05. The van der Waals surface area contributed by atoms with Crippen molar-refractivity contribution in [2.24, 2.45) is 0 Å². The molecule has 0 aliphatic carbocycles. The smallest absolute Gasteiger partial charge is 0.270 e. The Morgan fingerprint density at radius 3 is 2.92 bits per heavy atom. The van der Waals surface area contributed by atoms with Gasteiger partial charge in [0.2, 0.25) is 0 Å². The van der Waals surface area contributed by atoms with Crippen LogP contribution in [0.3, 0.4) is 0 Å². The third-order valence-electron chi connectivity index (χ3n) is 3.87. The number of non-ortho nitro benzene ring substituents is 1. The fourth-order valence-electron chi connectivity index (χ4n) is 2.77. The fourth-order valence-corrected chi connectivity index (χ4v) is 2.77. The molecular formula is C18H18N2O5. The highest BCUT2D eigenvalue weighted by Gasteiger charge is 2.23. The fraction of sp³-hybridized carbons (Fsp3) is 0.278.